The van der Waals surface area contributed by atoms with E-state index < -0.39 is 15.9 Å². The lowest BCUT2D eigenvalue weighted by Gasteiger charge is -2.26. The van der Waals surface area contributed by atoms with Gasteiger partial charge in [-0.1, -0.05) is 45.0 Å². The van der Waals surface area contributed by atoms with E-state index in [1.54, 1.807) is 0 Å². The molecule has 3 rings (SSSR count). The molecular formula is C24H32N2O5S. The summed E-state index contributed by atoms with van der Waals surface area (Å²) >= 11 is 0. The summed E-state index contributed by atoms with van der Waals surface area (Å²) in [5.74, 6) is -0.0769. The van der Waals surface area contributed by atoms with Crippen LogP contribution < -0.4 is 10.1 Å². The van der Waals surface area contributed by atoms with Crippen molar-refractivity contribution in [2.75, 3.05) is 33.4 Å². The van der Waals surface area contributed by atoms with Gasteiger partial charge in [0.15, 0.2) is 0 Å². The molecule has 1 aliphatic heterocycles. The Morgan fingerprint density at radius 2 is 1.72 bits per heavy atom. The second kappa shape index (κ2) is 9.60. The van der Waals surface area contributed by atoms with Gasteiger partial charge in [0.25, 0.3) is 5.91 Å². The Labute approximate surface area is 190 Å². The zero-order valence-corrected chi connectivity index (χ0v) is 20.2. The minimum atomic E-state index is -3.72. The third kappa shape index (κ3) is 5.31. The highest BCUT2D eigenvalue weighted by atomic mass is 32.2. The smallest absolute Gasteiger partial charge is 0.255 e. The average molecular weight is 461 g/mol. The van der Waals surface area contributed by atoms with Gasteiger partial charge in [0.1, 0.15) is 5.75 Å². The fourth-order valence-electron chi connectivity index (χ4n) is 3.59. The minimum Gasteiger partial charge on any atom is -0.496 e. The zero-order chi connectivity index (χ0) is 23.5. The number of carbonyl (C=O) groups is 1. The van der Waals surface area contributed by atoms with Crippen molar-refractivity contribution < 1.29 is 22.7 Å². The summed E-state index contributed by atoms with van der Waals surface area (Å²) in [6, 6.07) is 12.2. The van der Waals surface area contributed by atoms with Crippen LogP contribution in [0.25, 0.3) is 0 Å². The van der Waals surface area contributed by atoms with Crippen molar-refractivity contribution in [1.82, 2.24) is 9.62 Å². The molecule has 0 aromatic heterocycles. The molecule has 0 aliphatic carbocycles. The van der Waals surface area contributed by atoms with E-state index in [2.05, 4.69) is 38.2 Å². The molecule has 1 fully saturated rings. The largest absolute Gasteiger partial charge is 0.496 e. The second-order valence-electron chi connectivity index (χ2n) is 8.95. The van der Waals surface area contributed by atoms with Gasteiger partial charge in [0, 0.05) is 13.1 Å². The van der Waals surface area contributed by atoms with Gasteiger partial charge in [0.05, 0.1) is 36.8 Å². The van der Waals surface area contributed by atoms with E-state index in [4.69, 9.17) is 9.47 Å². The zero-order valence-electron chi connectivity index (χ0n) is 19.3. The molecule has 1 heterocycles. The maximum absolute atomic E-state index is 13.1. The first-order chi connectivity index (χ1) is 15.0. The molecule has 2 aromatic rings. The van der Waals surface area contributed by atoms with Crippen molar-refractivity contribution in [1.29, 1.82) is 0 Å². The predicted molar refractivity (Wildman–Crippen MR) is 124 cm³/mol. The van der Waals surface area contributed by atoms with Crippen LogP contribution in [0.4, 0.5) is 0 Å². The van der Waals surface area contributed by atoms with Crippen LogP contribution in [0.1, 0.15) is 55.2 Å². The molecule has 1 aliphatic rings. The Bertz CT molecular complexity index is 1050. The number of hydrogen-bond acceptors (Lipinski definition) is 5. The van der Waals surface area contributed by atoms with Crippen molar-refractivity contribution in [2.24, 2.45) is 0 Å². The van der Waals surface area contributed by atoms with Crippen LogP contribution in [0.5, 0.6) is 5.75 Å². The van der Waals surface area contributed by atoms with Crippen molar-refractivity contribution in [3.05, 3.63) is 59.2 Å². The molecule has 32 heavy (non-hydrogen) atoms. The van der Waals surface area contributed by atoms with Crippen LogP contribution >= 0.6 is 0 Å². The summed E-state index contributed by atoms with van der Waals surface area (Å²) in [5, 5.41) is 2.96. The number of nitrogens with one attached hydrogen (secondary N) is 1. The van der Waals surface area contributed by atoms with E-state index in [0.29, 0.717) is 19.0 Å². The Morgan fingerprint density at radius 3 is 2.28 bits per heavy atom. The lowest BCUT2D eigenvalue weighted by atomic mass is 9.86. The van der Waals surface area contributed by atoms with Crippen LogP contribution in [0.3, 0.4) is 0 Å². The molecular weight excluding hydrogens is 428 g/mol. The molecule has 7 nitrogen and oxygen atoms in total. The second-order valence-corrected chi connectivity index (χ2v) is 10.9. The summed E-state index contributed by atoms with van der Waals surface area (Å²) < 4.78 is 38.0. The molecule has 2 aromatic carbocycles. The Morgan fingerprint density at radius 1 is 1.09 bits per heavy atom. The standard InChI is InChI=1S/C24H32N2O5S/c1-17(18-6-8-19(9-7-18)24(2,3)4)25-23(27)21-16-20(10-11-22(21)30-5)32(28,29)26-12-14-31-15-13-26/h6-11,16-17H,12-15H2,1-5H3,(H,25,27)/t17-/m1/s1. The molecule has 0 saturated carbocycles. The van der Waals surface area contributed by atoms with Gasteiger partial charge in [-0.2, -0.15) is 4.31 Å². The van der Waals surface area contributed by atoms with Crippen molar-refractivity contribution in [2.45, 2.75) is 44.0 Å². The molecule has 1 amide bonds. The molecule has 0 bridgehead atoms. The highest BCUT2D eigenvalue weighted by Crippen LogP contribution is 2.27. The van der Waals surface area contributed by atoms with Gasteiger partial charge in [-0.15, -0.1) is 0 Å². The van der Waals surface area contributed by atoms with E-state index in [9.17, 15) is 13.2 Å². The first-order valence-corrected chi connectivity index (χ1v) is 12.2. The monoisotopic (exact) mass is 460 g/mol. The number of benzene rings is 2. The SMILES string of the molecule is COc1ccc(S(=O)(=O)N2CCOCC2)cc1C(=O)N[C@H](C)c1ccc(C(C)(C)C)cc1. The molecule has 1 saturated heterocycles. The van der Waals surface area contributed by atoms with Crippen LogP contribution in [0.15, 0.2) is 47.4 Å². The molecule has 0 spiro atoms. The Balaban J connectivity index is 1.83. The van der Waals surface area contributed by atoms with Crippen molar-refractivity contribution >= 4 is 15.9 Å². The lowest BCUT2D eigenvalue weighted by molar-refractivity contribution is 0.0730. The van der Waals surface area contributed by atoms with E-state index in [0.717, 1.165) is 5.56 Å². The summed E-state index contributed by atoms with van der Waals surface area (Å²) in [6.45, 7) is 9.63. The highest BCUT2D eigenvalue weighted by molar-refractivity contribution is 7.89. The minimum absolute atomic E-state index is 0.0464. The fourth-order valence-corrected chi connectivity index (χ4v) is 5.03. The number of methoxy groups -OCH3 is 1. The van der Waals surface area contributed by atoms with E-state index in [1.807, 2.05) is 19.1 Å². The number of amides is 1. The normalized spacial score (nSPS) is 16.4. The summed E-state index contributed by atoms with van der Waals surface area (Å²) in [6.07, 6.45) is 0. The summed E-state index contributed by atoms with van der Waals surface area (Å²) in [7, 11) is -2.27. The number of morpholine rings is 1. The number of rotatable bonds is 6. The number of ether oxygens (including phenoxy) is 2. The third-order valence-electron chi connectivity index (χ3n) is 5.65. The van der Waals surface area contributed by atoms with Gasteiger partial charge in [-0.3, -0.25) is 4.79 Å². The lowest BCUT2D eigenvalue weighted by Crippen LogP contribution is -2.40. The third-order valence-corrected chi connectivity index (χ3v) is 7.54. The van der Waals surface area contributed by atoms with Gasteiger partial charge in [-0.25, -0.2) is 8.42 Å². The van der Waals surface area contributed by atoms with Crippen LogP contribution in [0.2, 0.25) is 0 Å². The summed E-state index contributed by atoms with van der Waals surface area (Å²) in [4.78, 5) is 13.1. The highest BCUT2D eigenvalue weighted by Gasteiger charge is 2.28. The first kappa shape index (κ1) is 24.2. The van der Waals surface area contributed by atoms with Crippen LogP contribution in [-0.4, -0.2) is 52.0 Å². The molecule has 174 valence electrons. The number of nitrogens with zero attached hydrogens (tertiary/aromatic N) is 1. The first-order valence-electron chi connectivity index (χ1n) is 10.7. The van der Waals surface area contributed by atoms with Crippen molar-refractivity contribution in [3.8, 4) is 5.75 Å². The molecule has 0 unspecified atom stereocenters. The average Bonchev–Trinajstić information content (AvgIpc) is 2.78. The van der Waals surface area contributed by atoms with Gasteiger partial charge in [-0.05, 0) is 41.7 Å². The molecule has 1 atom stereocenters. The number of hydrogen-bond donors (Lipinski definition) is 1. The number of sulfonamides is 1. The quantitative estimate of drug-likeness (QED) is 0.713. The molecule has 0 radical (unpaired) electrons. The number of carbonyl (C=O) groups excluding carboxylic acids is 1. The van der Waals surface area contributed by atoms with Gasteiger partial charge in [0.2, 0.25) is 10.0 Å². The van der Waals surface area contributed by atoms with Gasteiger partial charge >= 0.3 is 0 Å². The maximum Gasteiger partial charge on any atom is 0.255 e. The fraction of sp³-hybridized carbons (Fsp3) is 0.458. The van der Waals surface area contributed by atoms with E-state index in [-0.39, 0.29) is 35.0 Å². The Hall–Kier alpha value is -2.42. The maximum atomic E-state index is 13.1. The summed E-state index contributed by atoms with van der Waals surface area (Å²) in [5.41, 5.74) is 2.40. The molecule has 8 heteroatoms. The van der Waals surface area contributed by atoms with Crippen LogP contribution in [0, 0.1) is 0 Å². The van der Waals surface area contributed by atoms with E-state index in [1.165, 1.54) is 35.2 Å². The van der Waals surface area contributed by atoms with Crippen molar-refractivity contribution in [3.63, 3.8) is 0 Å². The van der Waals surface area contributed by atoms with E-state index >= 15 is 0 Å². The Kier molecular flexibility index (Phi) is 7.27. The predicted octanol–water partition coefficient (Wildman–Crippen LogP) is 3.50. The molecule has 1 N–H and O–H groups in total. The van der Waals surface area contributed by atoms with Gasteiger partial charge < -0.3 is 14.8 Å². The topological polar surface area (TPSA) is 84.9 Å². The van der Waals surface area contributed by atoms with Crippen LogP contribution in [-0.2, 0) is 20.2 Å².